The summed E-state index contributed by atoms with van der Waals surface area (Å²) in [6, 6.07) is 6.65. The Balaban J connectivity index is 1.42. The first kappa shape index (κ1) is 19.4. The fourth-order valence-electron chi connectivity index (χ4n) is 3.94. The number of fused-ring (bicyclic) bond motifs is 1. The summed E-state index contributed by atoms with van der Waals surface area (Å²) in [7, 11) is 0. The molecule has 7 nitrogen and oxygen atoms in total. The zero-order valence-corrected chi connectivity index (χ0v) is 17.0. The first-order valence-electron chi connectivity index (χ1n) is 10.1. The van der Waals surface area contributed by atoms with Crippen LogP contribution in [0.5, 0.6) is 5.75 Å². The van der Waals surface area contributed by atoms with Crippen LogP contribution in [0, 0.1) is 6.92 Å². The normalized spacial score (nSPS) is 18.0. The highest BCUT2D eigenvalue weighted by Gasteiger charge is 2.25. The summed E-state index contributed by atoms with van der Waals surface area (Å²) in [5, 5.41) is 2.83. The van der Waals surface area contributed by atoms with Gasteiger partial charge in [0.25, 0.3) is 5.91 Å². The molecule has 0 aliphatic carbocycles. The lowest BCUT2D eigenvalue weighted by Gasteiger charge is -2.38. The molecule has 1 aromatic heterocycles. The molecule has 4 rings (SSSR count). The molecule has 1 amide bonds. The SMILES string of the molecule is C=COc1cc(C(C)N2CCN(c3ncc4c(n3)CCNC4=O)CC2)ccc1C. The van der Waals surface area contributed by atoms with Crippen LogP contribution in [0.1, 0.15) is 40.1 Å². The van der Waals surface area contributed by atoms with Crippen LogP contribution in [0.4, 0.5) is 5.95 Å². The molecule has 1 aromatic carbocycles. The van der Waals surface area contributed by atoms with Crippen molar-refractivity contribution in [2.45, 2.75) is 26.3 Å². The Labute approximate surface area is 171 Å². The highest BCUT2D eigenvalue weighted by molar-refractivity contribution is 5.96. The molecule has 1 fully saturated rings. The molecule has 1 unspecified atom stereocenters. The van der Waals surface area contributed by atoms with E-state index in [4.69, 9.17) is 4.74 Å². The maximum Gasteiger partial charge on any atom is 0.254 e. The van der Waals surface area contributed by atoms with E-state index in [0.717, 1.165) is 55.6 Å². The summed E-state index contributed by atoms with van der Waals surface area (Å²) < 4.78 is 5.53. The number of nitrogens with zero attached hydrogens (tertiary/aromatic N) is 4. The third-order valence-electron chi connectivity index (χ3n) is 5.80. The fourth-order valence-corrected chi connectivity index (χ4v) is 3.94. The molecule has 0 radical (unpaired) electrons. The topological polar surface area (TPSA) is 70.6 Å². The number of carbonyl (C=O) groups is 1. The van der Waals surface area contributed by atoms with Gasteiger partial charge in [-0.1, -0.05) is 18.7 Å². The third kappa shape index (κ3) is 3.96. The van der Waals surface area contributed by atoms with Crippen LogP contribution in [0.15, 0.2) is 37.2 Å². The largest absolute Gasteiger partial charge is 0.465 e. The van der Waals surface area contributed by atoms with Gasteiger partial charge in [0.15, 0.2) is 0 Å². The summed E-state index contributed by atoms with van der Waals surface area (Å²) in [4.78, 5) is 25.7. The highest BCUT2D eigenvalue weighted by Crippen LogP contribution is 2.28. The first-order valence-corrected chi connectivity index (χ1v) is 10.1. The lowest BCUT2D eigenvalue weighted by atomic mass is 10.0. The van der Waals surface area contributed by atoms with Gasteiger partial charge in [0, 0.05) is 51.4 Å². The van der Waals surface area contributed by atoms with Crippen molar-refractivity contribution in [2.24, 2.45) is 0 Å². The van der Waals surface area contributed by atoms with Crippen LogP contribution < -0.4 is 15.0 Å². The van der Waals surface area contributed by atoms with Crippen molar-refractivity contribution < 1.29 is 9.53 Å². The molecule has 152 valence electrons. The Bertz CT molecular complexity index is 921. The number of benzene rings is 1. The number of amides is 1. The van der Waals surface area contributed by atoms with Crippen LogP contribution in [-0.2, 0) is 6.42 Å². The van der Waals surface area contributed by atoms with E-state index in [1.165, 1.54) is 11.8 Å². The number of aryl methyl sites for hydroxylation is 1. The maximum absolute atomic E-state index is 11.9. The molecule has 2 aliphatic rings. The van der Waals surface area contributed by atoms with Crippen LogP contribution >= 0.6 is 0 Å². The van der Waals surface area contributed by atoms with Gasteiger partial charge in [0.05, 0.1) is 17.5 Å². The average molecular weight is 393 g/mol. The molecule has 1 saturated heterocycles. The molecule has 29 heavy (non-hydrogen) atoms. The number of hydrogen-bond acceptors (Lipinski definition) is 6. The first-order chi connectivity index (χ1) is 14.1. The summed E-state index contributed by atoms with van der Waals surface area (Å²) in [6.07, 6.45) is 3.89. The molecule has 3 heterocycles. The van der Waals surface area contributed by atoms with Crippen LogP contribution in [0.2, 0.25) is 0 Å². The number of anilines is 1. The lowest BCUT2D eigenvalue weighted by Crippen LogP contribution is -2.48. The third-order valence-corrected chi connectivity index (χ3v) is 5.80. The van der Waals surface area contributed by atoms with Crippen LogP contribution in [0.25, 0.3) is 0 Å². The molecule has 2 aromatic rings. The van der Waals surface area contributed by atoms with Crippen molar-refractivity contribution in [3.05, 3.63) is 59.6 Å². The number of carbonyl (C=O) groups excluding carboxylic acids is 1. The monoisotopic (exact) mass is 393 g/mol. The summed E-state index contributed by atoms with van der Waals surface area (Å²) in [5.41, 5.74) is 3.79. The van der Waals surface area contributed by atoms with E-state index in [1.807, 2.05) is 6.92 Å². The van der Waals surface area contributed by atoms with Gasteiger partial charge in [0.2, 0.25) is 5.95 Å². The molecule has 1 atom stereocenters. The van der Waals surface area contributed by atoms with E-state index in [9.17, 15) is 4.79 Å². The summed E-state index contributed by atoms with van der Waals surface area (Å²) in [6.45, 7) is 12.1. The van der Waals surface area contributed by atoms with Crippen molar-refractivity contribution in [3.8, 4) is 5.75 Å². The number of nitrogens with one attached hydrogen (secondary N) is 1. The number of hydrogen-bond donors (Lipinski definition) is 1. The van der Waals surface area contributed by atoms with E-state index >= 15 is 0 Å². The van der Waals surface area contributed by atoms with Crippen LogP contribution in [0.3, 0.4) is 0 Å². The second kappa shape index (κ2) is 8.21. The molecular weight excluding hydrogens is 366 g/mol. The van der Waals surface area contributed by atoms with E-state index in [0.29, 0.717) is 12.1 Å². The van der Waals surface area contributed by atoms with E-state index in [2.05, 4.69) is 56.8 Å². The smallest absolute Gasteiger partial charge is 0.254 e. The van der Waals surface area contributed by atoms with E-state index in [-0.39, 0.29) is 11.9 Å². The van der Waals surface area contributed by atoms with Gasteiger partial charge in [-0.05, 0) is 31.0 Å². The standard InChI is InChI=1S/C22H27N5O2/c1-4-29-20-13-17(6-5-15(20)2)16(3)26-9-11-27(12-10-26)22-24-14-18-19(25-22)7-8-23-21(18)28/h4-6,13-14,16H,1,7-12H2,2-3H3,(H,23,28). The van der Waals surface area contributed by atoms with Crippen molar-refractivity contribution in [2.75, 3.05) is 37.6 Å². The minimum absolute atomic E-state index is 0.0747. The molecule has 1 N–H and O–H groups in total. The molecule has 0 bridgehead atoms. The zero-order chi connectivity index (χ0) is 20.4. The fraction of sp³-hybridized carbons (Fsp3) is 0.409. The van der Waals surface area contributed by atoms with Crippen molar-refractivity contribution in [1.29, 1.82) is 0 Å². The minimum Gasteiger partial charge on any atom is -0.465 e. The van der Waals surface area contributed by atoms with Gasteiger partial charge in [0.1, 0.15) is 5.75 Å². The molecular formula is C22H27N5O2. The molecule has 0 spiro atoms. The van der Waals surface area contributed by atoms with Crippen molar-refractivity contribution >= 4 is 11.9 Å². The average Bonchev–Trinajstić information content (AvgIpc) is 2.75. The maximum atomic E-state index is 11.9. The number of piperazine rings is 1. The second-order valence-corrected chi connectivity index (χ2v) is 7.54. The highest BCUT2D eigenvalue weighted by atomic mass is 16.5. The Morgan fingerprint density at radius 3 is 2.83 bits per heavy atom. The molecule has 2 aliphatic heterocycles. The van der Waals surface area contributed by atoms with Gasteiger partial charge in [-0.3, -0.25) is 9.69 Å². The Kier molecular flexibility index (Phi) is 5.49. The molecule has 0 saturated carbocycles. The summed E-state index contributed by atoms with van der Waals surface area (Å²) in [5.74, 6) is 1.51. The number of ether oxygens (including phenoxy) is 1. The van der Waals surface area contributed by atoms with E-state index in [1.54, 1.807) is 6.20 Å². The van der Waals surface area contributed by atoms with Gasteiger partial charge >= 0.3 is 0 Å². The Morgan fingerprint density at radius 1 is 1.28 bits per heavy atom. The predicted octanol–water partition coefficient (Wildman–Crippen LogP) is 2.48. The Morgan fingerprint density at radius 2 is 2.07 bits per heavy atom. The Hall–Kier alpha value is -2.93. The summed E-state index contributed by atoms with van der Waals surface area (Å²) >= 11 is 0. The van der Waals surface area contributed by atoms with Crippen LogP contribution in [-0.4, -0.2) is 53.5 Å². The van der Waals surface area contributed by atoms with Gasteiger partial charge in [-0.15, -0.1) is 0 Å². The van der Waals surface area contributed by atoms with E-state index < -0.39 is 0 Å². The number of rotatable bonds is 5. The predicted molar refractivity (Wildman–Crippen MR) is 112 cm³/mol. The van der Waals surface area contributed by atoms with Gasteiger partial charge < -0.3 is 15.0 Å². The van der Waals surface area contributed by atoms with Crippen molar-refractivity contribution in [1.82, 2.24) is 20.2 Å². The van der Waals surface area contributed by atoms with Gasteiger partial charge in [-0.2, -0.15) is 0 Å². The van der Waals surface area contributed by atoms with Crippen molar-refractivity contribution in [3.63, 3.8) is 0 Å². The second-order valence-electron chi connectivity index (χ2n) is 7.54. The minimum atomic E-state index is -0.0747. The lowest BCUT2D eigenvalue weighted by molar-refractivity contribution is 0.0944. The molecule has 7 heteroatoms. The van der Waals surface area contributed by atoms with Gasteiger partial charge in [-0.25, -0.2) is 9.97 Å². The number of aromatic nitrogens is 2. The quantitative estimate of drug-likeness (QED) is 0.787. The zero-order valence-electron chi connectivity index (χ0n) is 17.0.